The zero-order valence-electron chi connectivity index (χ0n) is 19.8. The first-order chi connectivity index (χ1) is 16.6. The first kappa shape index (κ1) is 25.0. The normalized spacial score (nSPS) is 12.8. The van der Waals surface area contributed by atoms with Gasteiger partial charge >= 0.3 is 5.97 Å². The first-order valence-electron chi connectivity index (χ1n) is 11.0. The van der Waals surface area contributed by atoms with Gasteiger partial charge < -0.3 is 14.8 Å². The van der Waals surface area contributed by atoms with Crippen molar-refractivity contribution in [2.24, 2.45) is 4.99 Å². The topological polar surface area (TPSA) is 77.7 Å². The van der Waals surface area contributed by atoms with Crippen LogP contribution in [0.1, 0.15) is 15.9 Å². The van der Waals surface area contributed by atoms with Gasteiger partial charge in [-0.2, -0.15) is 5.10 Å². The minimum Gasteiger partial charge on any atom is -0.465 e. The second-order valence-electron chi connectivity index (χ2n) is 9.27. The van der Waals surface area contributed by atoms with E-state index in [1.54, 1.807) is 18.2 Å². The Morgan fingerprint density at radius 1 is 1.17 bits per heavy atom. The highest BCUT2D eigenvalue weighted by Crippen LogP contribution is 2.43. The van der Waals surface area contributed by atoms with Crippen molar-refractivity contribution in [1.82, 2.24) is 9.78 Å². The van der Waals surface area contributed by atoms with Gasteiger partial charge in [0.05, 0.1) is 18.2 Å². The van der Waals surface area contributed by atoms with Crippen LogP contribution in [0.4, 0.5) is 20.2 Å². The zero-order chi connectivity index (χ0) is 25.3. The van der Waals surface area contributed by atoms with Crippen molar-refractivity contribution in [2.45, 2.75) is 32.4 Å². The van der Waals surface area contributed by atoms with Crippen molar-refractivity contribution >= 4 is 42.9 Å². The number of ether oxygens (including phenoxy) is 2. The number of anilines is 1. The highest BCUT2D eigenvalue weighted by molar-refractivity contribution is 6.76. The number of nitrogens with one attached hydrogen (secondary N) is 1. The summed E-state index contributed by atoms with van der Waals surface area (Å²) in [4.78, 5) is 16.7. The van der Waals surface area contributed by atoms with Crippen molar-refractivity contribution in [2.75, 3.05) is 19.0 Å². The lowest BCUT2D eigenvalue weighted by molar-refractivity contribution is 0.0601. The van der Waals surface area contributed by atoms with Crippen molar-refractivity contribution in [3.63, 3.8) is 0 Å². The standard InChI is InChI=1S/C24H25ClF2N4O3Si/c1-33-24(32)14-8-9-18-15(12-14)21-20(22(25)30-31(21)13-34-10-11-35(2,3)4)29-23(28-18)19-16(26)6-5-7-17(19)27/h5-9,12H,10-11,13H2,1-4H3,(H,28,29). The number of esters is 1. The summed E-state index contributed by atoms with van der Waals surface area (Å²) >= 11 is 6.45. The number of carbonyl (C=O) groups excluding carboxylic acids is 1. The van der Waals surface area contributed by atoms with Crippen LogP contribution in [0.25, 0.3) is 11.3 Å². The van der Waals surface area contributed by atoms with Crippen molar-refractivity contribution < 1.29 is 23.0 Å². The van der Waals surface area contributed by atoms with E-state index in [0.29, 0.717) is 23.6 Å². The number of aliphatic imine (C=N–C) groups is 1. The van der Waals surface area contributed by atoms with Gasteiger partial charge in [-0.1, -0.05) is 37.3 Å². The molecule has 0 atom stereocenters. The lowest BCUT2D eigenvalue weighted by atomic mass is 10.0. The lowest BCUT2D eigenvalue weighted by Gasteiger charge is -2.16. The van der Waals surface area contributed by atoms with Crippen LogP contribution in [-0.4, -0.2) is 43.4 Å². The van der Waals surface area contributed by atoms with E-state index in [1.165, 1.54) is 17.9 Å². The van der Waals surface area contributed by atoms with E-state index in [-0.39, 0.29) is 34.5 Å². The van der Waals surface area contributed by atoms with Crippen LogP contribution >= 0.6 is 11.6 Å². The van der Waals surface area contributed by atoms with Gasteiger partial charge in [-0.05, 0) is 36.4 Å². The summed E-state index contributed by atoms with van der Waals surface area (Å²) in [6.45, 7) is 7.38. The second kappa shape index (κ2) is 9.88. The molecular weight excluding hydrogens is 494 g/mol. The van der Waals surface area contributed by atoms with E-state index in [9.17, 15) is 13.6 Å². The number of aromatic nitrogens is 2. The number of benzene rings is 2. The number of methoxy groups -OCH3 is 1. The number of carbonyl (C=O) groups is 1. The lowest BCUT2D eigenvalue weighted by Crippen LogP contribution is -2.22. The van der Waals surface area contributed by atoms with Gasteiger partial charge in [-0.25, -0.2) is 23.2 Å². The highest BCUT2D eigenvalue weighted by Gasteiger charge is 2.28. The minimum atomic E-state index is -1.30. The number of rotatable bonds is 7. The number of nitrogens with zero attached hydrogens (tertiary/aromatic N) is 3. The summed E-state index contributed by atoms with van der Waals surface area (Å²) in [6.07, 6.45) is 0. The maximum Gasteiger partial charge on any atom is 0.337 e. The predicted molar refractivity (Wildman–Crippen MR) is 134 cm³/mol. The predicted octanol–water partition coefficient (Wildman–Crippen LogP) is 6.08. The van der Waals surface area contributed by atoms with E-state index in [2.05, 4.69) is 35.0 Å². The molecule has 1 aromatic heterocycles. The summed E-state index contributed by atoms with van der Waals surface area (Å²) in [5.74, 6) is -2.19. The molecule has 11 heteroatoms. The first-order valence-corrected chi connectivity index (χ1v) is 15.0. The summed E-state index contributed by atoms with van der Waals surface area (Å²) < 4.78 is 41.6. The van der Waals surface area contributed by atoms with Crippen LogP contribution in [0.2, 0.25) is 30.8 Å². The van der Waals surface area contributed by atoms with Gasteiger partial charge in [0.1, 0.15) is 35.6 Å². The summed E-state index contributed by atoms with van der Waals surface area (Å²) in [6, 6.07) is 9.28. The average molecular weight is 519 g/mol. The molecule has 0 aliphatic carbocycles. The van der Waals surface area contributed by atoms with Crippen LogP contribution in [0.3, 0.4) is 0 Å². The Morgan fingerprint density at radius 3 is 2.54 bits per heavy atom. The van der Waals surface area contributed by atoms with Gasteiger partial charge in [0, 0.05) is 25.9 Å². The molecule has 184 valence electrons. The zero-order valence-corrected chi connectivity index (χ0v) is 21.5. The Hall–Kier alpha value is -3.08. The Morgan fingerprint density at radius 2 is 1.89 bits per heavy atom. The van der Waals surface area contributed by atoms with Crippen molar-refractivity contribution in [3.05, 3.63) is 64.3 Å². The second-order valence-corrected chi connectivity index (χ2v) is 15.2. The third kappa shape index (κ3) is 5.29. The number of halogens is 3. The average Bonchev–Trinajstić information content (AvgIpc) is 2.99. The summed E-state index contributed by atoms with van der Waals surface area (Å²) in [5.41, 5.74) is 1.56. The molecule has 1 aliphatic rings. The van der Waals surface area contributed by atoms with E-state index < -0.39 is 25.7 Å². The van der Waals surface area contributed by atoms with Crippen molar-refractivity contribution in [3.8, 4) is 11.3 Å². The van der Waals surface area contributed by atoms with Gasteiger partial charge in [0.2, 0.25) is 0 Å². The third-order valence-corrected chi connectivity index (χ3v) is 7.43. The van der Waals surface area contributed by atoms with Gasteiger partial charge in [-0.15, -0.1) is 0 Å². The molecule has 0 radical (unpaired) electrons. The number of fused-ring (bicyclic) bond motifs is 3. The van der Waals surface area contributed by atoms with Crippen LogP contribution in [-0.2, 0) is 16.2 Å². The fourth-order valence-corrected chi connectivity index (χ4v) is 4.60. The number of amidine groups is 1. The van der Waals surface area contributed by atoms with Crippen LogP contribution in [0.15, 0.2) is 41.4 Å². The molecular formula is C24H25ClF2N4O3Si. The van der Waals surface area contributed by atoms with Crippen molar-refractivity contribution in [1.29, 1.82) is 0 Å². The molecule has 3 aromatic rings. The molecule has 1 aliphatic heterocycles. The molecule has 7 nitrogen and oxygen atoms in total. The molecule has 0 amide bonds. The molecule has 0 bridgehead atoms. The maximum atomic E-state index is 14.7. The summed E-state index contributed by atoms with van der Waals surface area (Å²) in [5, 5.41) is 7.39. The fraction of sp³-hybridized carbons (Fsp3) is 0.292. The maximum absolute atomic E-state index is 14.7. The van der Waals surface area contributed by atoms with Gasteiger partial charge in [0.15, 0.2) is 5.15 Å². The molecule has 0 spiro atoms. The Balaban J connectivity index is 1.85. The third-order valence-electron chi connectivity index (χ3n) is 5.47. The molecule has 4 rings (SSSR count). The molecule has 35 heavy (non-hydrogen) atoms. The minimum absolute atomic E-state index is 0.0289. The van der Waals surface area contributed by atoms with Crippen LogP contribution < -0.4 is 5.32 Å². The van der Waals surface area contributed by atoms with Crippen LogP contribution in [0, 0.1) is 11.6 Å². The fourth-order valence-electron chi connectivity index (χ4n) is 3.62. The number of hydrogen-bond acceptors (Lipinski definition) is 6. The molecule has 0 unspecified atom stereocenters. The number of hydrogen-bond donors (Lipinski definition) is 1. The Bertz CT molecular complexity index is 1300. The SMILES string of the molecule is COC(=O)c1ccc2c(c1)-c1c(c(Cl)nn1COCC[Si](C)(C)C)N=C(c1c(F)cccc1F)N2. The molecule has 0 saturated heterocycles. The van der Waals surface area contributed by atoms with Gasteiger partial charge in [0.25, 0.3) is 0 Å². The van der Waals surface area contributed by atoms with E-state index in [0.717, 1.165) is 18.2 Å². The molecule has 2 aromatic carbocycles. The largest absolute Gasteiger partial charge is 0.465 e. The molecule has 2 heterocycles. The molecule has 0 saturated carbocycles. The Labute approximate surface area is 207 Å². The van der Waals surface area contributed by atoms with E-state index >= 15 is 0 Å². The van der Waals surface area contributed by atoms with Crippen LogP contribution in [0.5, 0.6) is 0 Å². The summed E-state index contributed by atoms with van der Waals surface area (Å²) in [7, 11) is -0.0161. The van der Waals surface area contributed by atoms with E-state index in [1.807, 2.05) is 0 Å². The highest BCUT2D eigenvalue weighted by atomic mass is 35.5. The quantitative estimate of drug-likeness (QED) is 0.233. The smallest absolute Gasteiger partial charge is 0.337 e. The molecule has 1 N–H and O–H groups in total. The molecule has 0 fully saturated rings. The Kier molecular flexibility index (Phi) is 7.07. The monoisotopic (exact) mass is 518 g/mol. The van der Waals surface area contributed by atoms with Gasteiger partial charge in [-0.3, -0.25) is 0 Å². The van der Waals surface area contributed by atoms with E-state index in [4.69, 9.17) is 21.1 Å².